The van der Waals surface area contributed by atoms with E-state index in [9.17, 15) is 13.7 Å². The molecule has 35 heavy (non-hydrogen) atoms. The van der Waals surface area contributed by atoms with Gasteiger partial charge >= 0.3 is 0 Å². The maximum Gasteiger partial charge on any atom is 0.193 e. The van der Waals surface area contributed by atoms with Crippen LogP contribution >= 0.6 is 0 Å². The molecule has 2 saturated heterocycles. The summed E-state index contributed by atoms with van der Waals surface area (Å²) >= 11 is 0. The lowest BCUT2D eigenvalue weighted by molar-refractivity contribution is 0.00794. The van der Waals surface area contributed by atoms with E-state index in [4.69, 9.17) is 14.2 Å². The molecule has 2 fully saturated rings. The average Bonchev–Trinajstić information content (AvgIpc) is 3.55. The minimum atomic E-state index is -1.02. The number of pyridine rings is 1. The van der Waals surface area contributed by atoms with E-state index in [1.165, 1.54) is 6.07 Å². The van der Waals surface area contributed by atoms with Crippen LogP contribution in [0.4, 0.5) is 4.39 Å². The first-order chi connectivity index (χ1) is 17.0. The lowest BCUT2D eigenvalue weighted by Gasteiger charge is -2.16. The molecule has 2 N–H and O–H groups in total. The van der Waals surface area contributed by atoms with Crippen LogP contribution in [0, 0.1) is 5.82 Å². The molecule has 5 atom stereocenters. The van der Waals surface area contributed by atoms with E-state index in [1.54, 1.807) is 12.3 Å². The molecular formula is C26H23FN2O5S. The van der Waals surface area contributed by atoms with Crippen LogP contribution in [0.1, 0.15) is 0 Å². The second kappa shape index (κ2) is 8.83. The van der Waals surface area contributed by atoms with E-state index in [0.29, 0.717) is 29.1 Å². The van der Waals surface area contributed by atoms with Gasteiger partial charge in [0, 0.05) is 39.6 Å². The molecule has 4 aromatic rings. The van der Waals surface area contributed by atoms with E-state index in [1.807, 2.05) is 48.5 Å². The predicted octanol–water partition coefficient (Wildman–Crippen LogP) is 3.68. The monoisotopic (exact) mass is 494 g/mol. The second-order valence-electron chi connectivity index (χ2n) is 8.76. The molecule has 180 valence electrons. The van der Waals surface area contributed by atoms with E-state index in [0.717, 1.165) is 16.0 Å². The summed E-state index contributed by atoms with van der Waals surface area (Å²) in [6.45, 7) is 0.530. The van der Waals surface area contributed by atoms with Gasteiger partial charge in [-0.1, -0.05) is 36.4 Å². The molecule has 0 bridgehead atoms. The van der Waals surface area contributed by atoms with Gasteiger partial charge in [0.25, 0.3) is 0 Å². The van der Waals surface area contributed by atoms with Gasteiger partial charge in [-0.2, -0.15) is 0 Å². The number of aliphatic hydroxyl groups excluding tert-OH is 1. The lowest BCUT2D eigenvalue weighted by atomic mass is 10.0. The van der Waals surface area contributed by atoms with Gasteiger partial charge in [-0.3, -0.25) is 4.21 Å². The van der Waals surface area contributed by atoms with Crippen molar-refractivity contribution >= 4 is 21.8 Å². The summed E-state index contributed by atoms with van der Waals surface area (Å²) in [7, 11) is -1.02. The fourth-order valence-corrected chi connectivity index (χ4v) is 5.16. The average molecular weight is 495 g/mol. The first-order valence-corrected chi connectivity index (χ1v) is 12.8. The largest absolute Gasteiger partial charge is 0.470 e. The van der Waals surface area contributed by atoms with Crippen molar-refractivity contribution in [2.75, 3.05) is 19.5 Å². The molecule has 0 saturated carbocycles. The van der Waals surface area contributed by atoms with Crippen LogP contribution in [0.2, 0.25) is 0 Å². The number of aromatic nitrogens is 2. The number of hydrogen-bond acceptors (Lipinski definition) is 6. The van der Waals surface area contributed by atoms with E-state index < -0.39 is 22.7 Å². The number of aliphatic hydroxyl groups is 1. The van der Waals surface area contributed by atoms with Crippen molar-refractivity contribution in [2.45, 2.75) is 29.3 Å². The molecule has 0 aliphatic carbocycles. The maximum absolute atomic E-state index is 15.0. The molecule has 2 aliphatic rings. The van der Waals surface area contributed by atoms with E-state index in [2.05, 4.69) is 9.97 Å². The van der Waals surface area contributed by atoms with Crippen molar-refractivity contribution in [3.8, 4) is 28.3 Å². The third-order valence-electron chi connectivity index (χ3n) is 6.47. The van der Waals surface area contributed by atoms with Crippen molar-refractivity contribution in [1.29, 1.82) is 0 Å². The fourth-order valence-electron chi connectivity index (χ4n) is 4.64. The number of fused-ring (bicyclic) bond motifs is 2. The Kier molecular flexibility index (Phi) is 5.64. The summed E-state index contributed by atoms with van der Waals surface area (Å²) < 4.78 is 43.8. The molecule has 2 aliphatic heterocycles. The van der Waals surface area contributed by atoms with Crippen LogP contribution in [-0.4, -0.2) is 63.2 Å². The smallest absolute Gasteiger partial charge is 0.193 e. The highest BCUT2D eigenvalue weighted by molar-refractivity contribution is 7.84. The third-order valence-corrected chi connectivity index (χ3v) is 7.41. The van der Waals surface area contributed by atoms with Crippen molar-refractivity contribution in [3.05, 3.63) is 66.5 Å². The van der Waals surface area contributed by atoms with Crippen molar-refractivity contribution < 1.29 is 27.9 Å². The zero-order valence-corrected chi connectivity index (χ0v) is 19.6. The quantitative estimate of drug-likeness (QED) is 0.440. The van der Waals surface area contributed by atoms with Crippen LogP contribution < -0.4 is 4.74 Å². The first-order valence-electron chi connectivity index (χ1n) is 11.3. The molecule has 0 radical (unpaired) electrons. The van der Waals surface area contributed by atoms with Crippen LogP contribution in [0.5, 0.6) is 5.88 Å². The molecular weight excluding hydrogens is 471 g/mol. The van der Waals surface area contributed by atoms with Gasteiger partial charge in [-0.15, -0.1) is 0 Å². The zero-order valence-electron chi connectivity index (χ0n) is 18.8. The number of nitrogens with one attached hydrogen (secondary N) is 1. The molecule has 2 aromatic heterocycles. The predicted molar refractivity (Wildman–Crippen MR) is 129 cm³/mol. The topological polar surface area (TPSA) is 93.7 Å². The number of aromatic amines is 1. The van der Waals surface area contributed by atoms with Crippen LogP contribution in [0.3, 0.4) is 0 Å². The molecule has 0 amide bonds. The Labute approximate surface area is 203 Å². The minimum absolute atomic E-state index is 0.224. The molecule has 9 heteroatoms. The van der Waals surface area contributed by atoms with Gasteiger partial charge in [-0.25, -0.2) is 9.37 Å². The van der Waals surface area contributed by atoms with Crippen LogP contribution in [-0.2, 0) is 20.3 Å². The van der Waals surface area contributed by atoms with Crippen molar-refractivity contribution in [1.82, 2.24) is 9.97 Å². The van der Waals surface area contributed by atoms with Gasteiger partial charge in [0.2, 0.25) is 0 Å². The number of hydrogen-bond donors (Lipinski definition) is 2. The highest BCUT2D eigenvalue weighted by atomic mass is 32.2. The summed E-state index contributed by atoms with van der Waals surface area (Å²) in [5.74, 6) is -0.00460. The van der Waals surface area contributed by atoms with Crippen LogP contribution in [0.25, 0.3) is 33.4 Å². The molecule has 4 heterocycles. The number of rotatable bonds is 5. The van der Waals surface area contributed by atoms with Crippen molar-refractivity contribution in [3.63, 3.8) is 0 Å². The minimum Gasteiger partial charge on any atom is -0.470 e. The van der Waals surface area contributed by atoms with Gasteiger partial charge in [0.15, 0.2) is 17.8 Å². The lowest BCUT2D eigenvalue weighted by Crippen LogP contribution is -2.34. The number of ether oxygens (including phenoxy) is 3. The number of benzene rings is 2. The summed E-state index contributed by atoms with van der Waals surface area (Å²) in [6.07, 6.45) is -0.0931. The highest BCUT2D eigenvalue weighted by Gasteiger charge is 2.48. The Balaban J connectivity index is 1.23. The normalized spacial score (nSPS) is 24.5. The standard InChI is InChI=1S/C26H23FN2O5S/c1-35(31)17-8-6-15(7-9-17)14-2-4-16(5-3-14)24-18(27)10-19-20(29-24)11-23(28-19)34-22-13-33-25-21(30)12-32-26(22)25/h2-11,21-22,25-26,28,30H,12-13H2,1H3/t21-,22-,25-,26-,35?/m1/s1. The second-order valence-corrected chi connectivity index (χ2v) is 10.1. The van der Waals surface area contributed by atoms with Crippen molar-refractivity contribution in [2.24, 2.45) is 0 Å². The summed E-state index contributed by atoms with van der Waals surface area (Å²) in [5.41, 5.74) is 3.96. The van der Waals surface area contributed by atoms with Crippen LogP contribution in [0.15, 0.2) is 65.6 Å². The molecule has 7 nitrogen and oxygen atoms in total. The number of H-pyrrole nitrogens is 1. The van der Waals surface area contributed by atoms with E-state index >= 15 is 0 Å². The Hall–Kier alpha value is -3.11. The number of halogens is 1. The Bertz CT molecular complexity index is 1410. The van der Waals surface area contributed by atoms with Gasteiger partial charge in [-0.05, 0) is 23.3 Å². The summed E-state index contributed by atoms with van der Waals surface area (Å²) in [6, 6.07) is 18.2. The molecule has 6 rings (SSSR count). The number of nitrogens with zero attached hydrogens (tertiary/aromatic N) is 1. The fraction of sp³-hybridized carbons (Fsp3) is 0.269. The Morgan fingerprint density at radius 3 is 2.37 bits per heavy atom. The Morgan fingerprint density at radius 1 is 1.00 bits per heavy atom. The van der Waals surface area contributed by atoms with Gasteiger partial charge < -0.3 is 24.3 Å². The summed E-state index contributed by atoms with van der Waals surface area (Å²) in [5, 5.41) is 9.90. The van der Waals surface area contributed by atoms with E-state index in [-0.39, 0.29) is 30.6 Å². The molecule has 2 aromatic carbocycles. The van der Waals surface area contributed by atoms with Gasteiger partial charge in [0.05, 0.1) is 24.2 Å². The van der Waals surface area contributed by atoms with Gasteiger partial charge in [0.1, 0.15) is 24.0 Å². The highest BCUT2D eigenvalue weighted by Crippen LogP contribution is 2.32. The first kappa shape index (κ1) is 22.4. The SMILES string of the molecule is CS(=O)c1ccc(-c2ccc(-c3nc4cc(O[C@@H]5CO[C@H]6[C@@H]5OC[C@H]6O)[nH]c4cc3F)cc2)cc1. The third kappa shape index (κ3) is 4.14. The molecule has 1 unspecified atom stereocenters. The summed E-state index contributed by atoms with van der Waals surface area (Å²) in [4.78, 5) is 8.36. The zero-order chi connectivity index (χ0) is 24.1. The maximum atomic E-state index is 15.0. The molecule has 0 spiro atoms. The Morgan fingerprint density at radius 2 is 1.66 bits per heavy atom.